The highest BCUT2D eigenvalue weighted by Crippen LogP contribution is 2.20. The molecule has 144 valence electrons. The molecule has 8 heteroatoms. The Labute approximate surface area is 162 Å². The van der Waals surface area contributed by atoms with Gasteiger partial charge < -0.3 is 19.8 Å². The van der Waals surface area contributed by atoms with Crippen LogP contribution >= 0.6 is 11.6 Å². The number of aryl methyl sites for hydroxylation is 1. The number of hydrogen-bond acceptors (Lipinski definition) is 6. The number of ketones is 1. The van der Waals surface area contributed by atoms with Gasteiger partial charge in [0.25, 0.3) is 0 Å². The topological polar surface area (TPSA) is 101 Å². The number of rotatable bonds is 7. The van der Waals surface area contributed by atoms with E-state index in [2.05, 4.69) is 4.74 Å². The van der Waals surface area contributed by atoms with Gasteiger partial charge in [0, 0.05) is 34.2 Å². The minimum Gasteiger partial charge on any atom is -0.469 e. The van der Waals surface area contributed by atoms with Crippen LogP contribution in [0.15, 0.2) is 24.3 Å². The van der Waals surface area contributed by atoms with Gasteiger partial charge in [-0.05, 0) is 38.1 Å². The molecule has 0 fully saturated rings. The number of esters is 2. The monoisotopic (exact) mass is 392 g/mol. The lowest BCUT2D eigenvalue weighted by molar-refractivity contribution is -0.140. The molecule has 27 heavy (non-hydrogen) atoms. The summed E-state index contributed by atoms with van der Waals surface area (Å²) in [5.74, 6) is -1.37. The van der Waals surface area contributed by atoms with E-state index in [0.29, 0.717) is 22.8 Å². The summed E-state index contributed by atoms with van der Waals surface area (Å²) in [7, 11) is 1.33. The van der Waals surface area contributed by atoms with E-state index in [9.17, 15) is 14.4 Å². The number of carbonyl (C=O) groups excluding carboxylic acids is 3. The van der Waals surface area contributed by atoms with Crippen molar-refractivity contribution >= 4 is 35.0 Å². The maximum Gasteiger partial charge on any atom is 0.340 e. The van der Waals surface area contributed by atoms with Crippen molar-refractivity contribution in [1.82, 2.24) is 4.57 Å². The standard InChI is InChI=1S/C19H21ClN2O5/c1-11-8-15(12(2)22(11)7-6-18(24)26-3)17(23)10-27-19(25)14-5-4-13(20)9-16(14)21/h4-5,8-9H,6-7,10,21H2,1-3H3. The van der Waals surface area contributed by atoms with Gasteiger partial charge in [0.05, 0.1) is 19.1 Å². The lowest BCUT2D eigenvalue weighted by Gasteiger charge is -2.09. The van der Waals surface area contributed by atoms with Gasteiger partial charge in [-0.25, -0.2) is 4.79 Å². The number of nitrogens with two attached hydrogens (primary N) is 1. The summed E-state index contributed by atoms with van der Waals surface area (Å²) in [6.07, 6.45) is 0.200. The van der Waals surface area contributed by atoms with Crippen molar-refractivity contribution in [2.24, 2.45) is 0 Å². The highest BCUT2D eigenvalue weighted by atomic mass is 35.5. The second-order valence-corrected chi connectivity index (χ2v) is 6.43. The number of Topliss-reactive ketones (excluding diaryl/α,β-unsaturated/α-hetero) is 1. The van der Waals surface area contributed by atoms with Gasteiger partial charge in [-0.15, -0.1) is 0 Å². The molecule has 0 bridgehead atoms. The molecule has 0 aliphatic carbocycles. The van der Waals surface area contributed by atoms with Crippen LogP contribution in [0.2, 0.25) is 5.02 Å². The van der Waals surface area contributed by atoms with Crippen LogP contribution in [-0.4, -0.2) is 36.0 Å². The van der Waals surface area contributed by atoms with Gasteiger partial charge in [0.2, 0.25) is 5.78 Å². The Morgan fingerprint density at radius 3 is 2.48 bits per heavy atom. The number of carbonyl (C=O) groups is 3. The number of anilines is 1. The summed E-state index contributed by atoms with van der Waals surface area (Å²) in [5, 5.41) is 0.402. The molecule has 7 nitrogen and oxygen atoms in total. The molecule has 0 aliphatic heterocycles. The van der Waals surface area contributed by atoms with Crippen LogP contribution in [0.3, 0.4) is 0 Å². The summed E-state index contributed by atoms with van der Waals surface area (Å²) < 4.78 is 11.6. The molecule has 0 aliphatic rings. The number of nitrogens with zero attached hydrogens (tertiary/aromatic N) is 1. The Hall–Kier alpha value is -2.80. The highest BCUT2D eigenvalue weighted by Gasteiger charge is 2.19. The second-order valence-electron chi connectivity index (χ2n) is 5.99. The molecule has 0 saturated carbocycles. The fourth-order valence-corrected chi connectivity index (χ4v) is 2.92. The number of halogens is 1. The predicted octanol–water partition coefficient (Wildman–Crippen LogP) is 2.94. The van der Waals surface area contributed by atoms with E-state index in [4.69, 9.17) is 22.1 Å². The van der Waals surface area contributed by atoms with Crippen molar-refractivity contribution in [3.63, 3.8) is 0 Å². The molecule has 0 spiro atoms. The maximum absolute atomic E-state index is 12.5. The number of ether oxygens (including phenoxy) is 2. The average Bonchev–Trinajstić information content (AvgIpc) is 2.91. The zero-order valence-electron chi connectivity index (χ0n) is 15.4. The van der Waals surface area contributed by atoms with Gasteiger partial charge in [0.1, 0.15) is 0 Å². The molecule has 2 N–H and O–H groups in total. The van der Waals surface area contributed by atoms with Gasteiger partial charge >= 0.3 is 11.9 Å². The zero-order valence-corrected chi connectivity index (χ0v) is 16.1. The first kappa shape index (κ1) is 20.5. The largest absolute Gasteiger partial charge is 0.469 e. The third kappa shape index (κ3) is 4.89. The minimum absolute atomic E-state index is 0.149. The van der Waals surface area contributed by atoms with Gasteiger partial charge in [0.15, 0.2) is 6.61 Å². The molecule has 2 aromatic rings. The molecule has 2 rings (SSSR count). The third-order valence-electron chi connectivity index (χ3n) is 4.21. The molecular weight excluding hydrogens is 372 g/mol. The zero-order chi connectivity index (χ0) is 20.1. The first-order valence-corrected chi connectivity index (χ1v) is 8.61. The second kappa shape index (κ2) is 8.73. The molecule has 0 atom stereocenters. The van der Waals surface area contributed by atoms with Crippen molar-refractivity contribution in [2.45, 2.75) is 26.8 Å². The molecular formula is C19H21ClN2O5. The van der Waals surface area contributed by atoms with Crippen LogP contribution < -0.4 is 5.73 Å². The average molecular weight is 393 g/mol. The van der Waals surface area contributed by atoms with Crippen molar-refractivity contribution in [2.75, 3.05) is 19.5 Å². The number of benzene rings is 1. The van der Waals surface area contributed by atoms with E-state index >= 15 is 0 Å². The van der Waals surface area contributed by atoms with E-state index in [1.54, 1.807) is 13.0 Å². The number of nitrogen functional groups attached to an aromatic ring is 1. The molecule has 1 aromatic heterocycles. The SMILES string of the molecule is COC(=O)CCn1c(C)cc(C(=O)COC(=O)c2ccc(Cl)cc2N)c1C. The van der Waals surface area contributed by atoms with Crippen LogP contribution in [0.4, 0.5) is 5.69 Å². The van der Waals surface area contributed by atoms with Crippen LogP contribution in [0, 0.1) is 13.8 Å². The maximum atomic E-state index is 12.5. The molecule has 1 aromatic carbocycles. The van der Waals surface area contributed by atoms with Crippen LogP contribution in [0.1, 0.15) is 38.5 Å². The fraction of sp³-hybridized carbons (Fsp3) is 0.316. The third-order valence-corrected chi connectivity index (χ3v) is 4.44. The van der Waals surface area contributed by atoms with E-state index in [1.807, 2.05) is 11.5 Å². The summed E-state index contributed by atoms with van der Waals surface area (Å²) in [4.78, 5) is 35.9. The van der Waals surface area contributed by atoms with E-state index in [1.165, 1.54) is 25.3 Å². The Morgan fingerprint density at radius 1 is 1.15 bits per heavy atom. The van der Waals surface area contributed by atoms with Crippen molar-refractivity contribution in [1.29, 1.82) is 0 Å². The first-order chi connectivity index (χ1) is 12.7. The van der Waals surface area contributed by atoms with E-state index < -0.39 is 12.6 Å². The Bertz CT molecular complexity index is 888. The van der Waals surface area contributed by atoms with Gasteiger partial charge in [-0.3, -0.25) is 9.59 Å². The van der Waals surface area contributed by atoms with E-state index in [-0.39, 0.29) is 29.4 Å². The number of hydrogen-bond donors (Lipinski definition) is 1. The molecule has 0 saturated heterocycles. The van der Waals surface area contributed by atoms with Crippen LogP contribution in [0.5, 0.6) is 0 Å². The minimum atomic E-state index is -0.697. The lowest BCUT2D eigenvalue weighted by atomic mass is 10.1. The Morgan fingerprint density at radius 2 is 1.85 bits per heavy atom. The molecule has 0 unspecified atom stereocenters. The molecule has 0 radical (unpaired) electrons. The Kier molecular flexibility index (Phi) is 6.63. The quantitative estimate of drug-likeness (QED) is 0.441. The summed E-state index contributed by atoms with van der Waals surface area (Å²) >= 11 is 5.80. The highest BCUT2D eigenvalue weighted by molar-refractivity contribution is 6.31. The normalized spacial score (nSPS) is 10.5. The molecule has 0 amide bonds. The molecule has 1 heterocycles. The van der Waals surface area contributed by atoms with Crippen LogP contribution in [-0.2, 0) is 20.8 Å². The van der Waals surface area contributed by atoms with Crippen molar-refractivity contribution < 1.29 is 23.9 Å². The van der Waals surface area contributed by atoms with Crippen molar-refractivity contribution in [3.8, 4) is 0 Å². The van der Waals surface area contributed by atoms with Crippen LogP contribution in [0.25, 0.3) is 0 Å². The van der Waals surface area contributed by atoms with Crippen molar-refractivity contribution in [3.05, 3.63) is 51.8 Å². The smallest absolute Gasteiger partial charge is 0.340 e. The first-order valence-electron chi connectivity index (χ1n) is 8.23. The Balaban J connectivity index is 2.05. The number of aromatic nitrogens is 1. The lowest BCUT2D eigenvalue weighted by Crippen LogP contribution is -2.16. The summed E-state index contributed by atoms with van der Waals surface area (Å²) in [6, 6.07) is 6.11. The van der Waals surface area contributed by atoms with E-state index in [0.717, 1.165) is 5.69 Å². The van der Waals surface area contributed by atoms with Gasteiger partial charge in [-0.2, -0.15) is 0 Å². The summed E-state index contributed by atoms with van der Waals surface area (Å²) in [5.41, 5.74) is 8.04. The van der Waals surface area contributed by atoms with Gasteiger partial charge in [-0.1, -0.05) is 11.6 Å². The predicted molar refractivity (Wildman–Crippen MR) is 101 cm³/mol. The fourth-order valence-electron chi connectivity index (χ4n) is 2.74. The number of methoxy groups -OCH3 is 1. The summed E-state index contributed by atoms with van der Waals surface area (Å²) in [6.45, 7) is 3.60.